The molecule has 0 bridgehead atoms. The third-order valence-corrected chi connectivity index (χ3v) is 4.05. The van der Waals surface area contributed by atoms with Crippen molar-refractivity contribution in [2.45, 2.75) is 13.3 Å². The van der Waals surface area contributed by atoms with E-state index in [1.807, 2.05) is 37.3 Å². The maximum atomic E-state index is 11.1. The van der Waals surface area contributed by atoms with Crippen LogP contribution in [0, 0.1) is 0 Å². The van der Waals surface area contributed by atoms with Crippen molar-refractivity contribution in [1.82, 2.24) is 9.55 Å². The molecule has 3 aromatic rings. The molecule has 21 heavy (non-hydrogen) atoms. The molecular formula is C16H13BrN2O2. The maximum Gasteiger partial charge on any atom is 0.335 e. The summed E-state index contributed by atoms with van der Waals surface area (Å²) >= 11 is 3.56. The molecule has 3 rings (SSSR count). The molecule has 106 valence electrons. The zero-order chi connectivity index (χ0) is 15.0. The molecular weight excluding hydrogens is 332 g/mol. The Bertz CT molecular complexity index is 839. The number of halogens is 1. The van der Waals surface area contributed by atoms with Gasteiger partial charge in [-0.1, -0.05) is 19.1 Å². The molecule has 0 aliphatic heterocycles. The van der Waals surface area contributed by atoms with Crippen LogP contribution in [-0.4, -0.2) is 20.6 Å². The van der Waals surface area contributed by atoms with Gasteiger partial charge in [0.15, 0.2) is 0 Å². The number of nitrogens with zero attached hydrogens (tertiary/aromatic N) is 2. The van der Waals surface area contributed by atoms with Crippen LogP contribution in [0.4, 0.5) is 0 Å². The third kappa shape index (κ3) is 2.34. The normalized spacial score (nSPS) is 11.0. The van der Waals surface area contributed by atoms with E-state index in [0.717, 1.165) is 27.9 Å². The number of carbonyl (C=O) groups is 1. The molecule has 1 aromatic heterocycles. The summed E-state index contributed by atoms with van der Waals surface area (Å²) in [4.78, 5) is 15.7. The molecule has 1 N–H and O–H groups in total. The Balaban J connectivity index is 2.31. The maximum absolute atomic E-state index is 11.1. The van der Waals surface area contributed by atoms with Crippen LogP contribution in [0.5, 0.6) is 0 Å². The van der Waals surface area contributed by atoms with E-state index in [4.69, 9.17) is 5.11 Å². The molecule has 0 amide bonds. The fourth-order valence-electron chi connectivity index (χ4n) is 2.40. The Labute approximate surface area is 130 Å². The summed E-state index contributed by atoms with van der Waals surface area (Å²) in [5.41, 5.74) is 2.85. The van der Waals surface area contributed by atoms with Crippen molar-refractivity contribution in [3.05, 3.63) is 58.3 Å². The van der Waals surface area contributed by atoms with Crippen molar-refractivity contribution in [2.24, 2.45) is 0 Å². The first-order valence-corrected chi connectivity index (χ1v) is 7.40. The molecule has 0 saturated carbocycles. The van der Waals surface area contributed by atoms with Crippen LogP contribution in [0.25, 0.3) is 16.7 Å². The van der Waals surface area contributed by atoms with Gasteiger partial charge >= 0.3 is 5.97 Å². The van der Waals surface area contributed by atoms with E-state index in [1.165, 1.54) is 0 Å². The summed E-state index contributed by atoms with van der Waals surface area (Å²) in [6.45, 7) is 2.03. The van der Waals surface area contributed by atoms with E-state index in [-0.39, 0.29) is 5.56 Å². The van der Waals surface area contributed by atoms with Gasteiger partial charge in [0.1, 0.15) is 5.82 Å². The minimum Gasteiger partial charge on any atom is -0.478 e. The lowest BCUT2D eigenvalue weighted by Crippen LogP contribution is -2.01. The summed E-state index contributed by atoms with van der Waals surface area (Å²) in [5.74, 6) is -0.0372. The SMILES string of the molecule is CCc1nc2cc(C(=O)O)ccc2n1-c1ccccc1Br. The molecule has 0 unspecified atom stereocenters. The van der Waals surface area contributed by atoms with E-state index in [9.17, 15) is 4.79 Å². The van der Waals surface area contributed by atoms with Gasteiger partial charge in [-0.15, -0.1) is 0 Å². The van der Waals surface area contributed by atoms with E-state index in [1.54, 1.807) is 12.1 Å². The minimum absolute atomic E-state index is 0.252. The number of fused-ring (bicyclic) bond motifs is 1. The van der Waals surface area contributed by atoms with E-state index in [2.05, 4.69) is 25.5 Å². The summed E-state index contributed by atoms with van der Waals surface area (Å²) in [5, 5.41) is 9.10. The molecule has 0 saturated heterocycles. The lowest BCUT2D eigenvalue weighted by Gasteiger charge is -2.10. The number of imidazole rings is 1. The second-order valence-corrected chi connectivity index (χ2v) is 5.53. The fourth-order valence-corrected chi connectivity index (χ4v) is 2.86. The summed E-state index contributed by atoms with van der Waals surface area (Å²) in [7, 11) is 0. The number of para-hydroxylation sites is 1. The molecule has 0 atom stereocenters. The predicted molar refractivity (Wildman–Crippen MR) is 85.1 cm³/mol. The third-order valence-electron chi connectivity index (χ3n) is 3.38. The number of carboxylic acid groups (broad SMARTS) is 1. The summed E-state index contributed by atoms with van der Waals surface area (Å²) in [6, 6.07) is 13.0. The first-order chi connectivity index (χ1) is 10.1. The molecule has 0 radical (unpaired) electrons. The highest BCUT2D eigenvalue weighted by molar-refractivity contribution is 9.10. The largest absolute Gasteiger partial charge is 0.478 e. The zero-order valence-electron chi connectivity index (χ0n) is 11.4. The lowest BCUT2D eigenvalue weighted by molar-refractivity contribution is 0.0697. The summed E-state index contributed by atoms with van der Waals surface area (Å²) in [6.07, 6.45) is 0.762. The molecule has 1 heterocycles. The quantitative estimate of drug-likeness (QED) is 0.779. The van der Waals surface area contributed by atoms with Crippen LogP contribution >= 0.6 is 15.9 Å². The number of aryl methyl sites for hydroxylation is 1. The van der Waals surface area contributed by atoms with Crippen molar-refractivity contribution in [1.29, 1.82) is 0 Å². The van der Waals surface area contributed by atoms with Crippen LogP contribution in [0.2, 0.25) is 0 Å². The smallest absolute Gasteiger partial charge is 0.335 e. The Morgan fingerprint density at radius 1 is 1.29 bits per heavy atom. The van der Waals surface area contributed by atoms with E-state index in [0.29, 0.717) is 5.52 Å². The van der Waals surface area contributed by atoms with Gasteiger partial charge in [0.05, 0.1) is 22.3 Å². The van der Waals surface area contributed by atoms with Gasteiger partial charge < -0.3 is 5.11 Å². The van der Waals surface area contributed by atoms with Gasteiger partial charge in [0.25, 0.3) is 0 Å². The van der Waals surface area contributed by atoms with Crippen molar-refractivity contribution in [2.75, 3.05) is 0 Å². The van der Waals surface area contributed by atoms with Gasteiger partial charge in [-0.3, -0.25) is 4.57 Å². The average molecular weight is 345 g/mol. The van der Waals surface area contributed by atoms with Crippen LogP contribution in [0.15, 0.2) is 46.9 Å². The number of aromatic nitrogens is 2. The first kappa shape index (κ1) is 13.8. The highest BCUT2D eigenvalue weighted by Crippen LogP contribution is 2.27. The second-order valence-electron chi connectivity index (χ2n) is 4.68. The van der Waals surface area contributed by atoms with Crippen LogP contribution in [0.3, 0.4) is 0 Å². The van der Waals surface area contributed by atoms with Crippen molar-refractivity contribution < 1.29 is 9.90 Å². The Morgan fingerprint density at radius 3 is 2.71 bits per heavy atom. The number of benzene rings is 2. The highest BCUT2D eigenvalue weighted by Gasteiger charge is 2.14. The number of hydrogen-bond donors (Lipinski definition) is 1. The Hall–Kier alpha value is -2.14. The minimum atomic E-state index is -0.939. The standard InChI is InChI=1S/C16H13BrN2O2/c1-2-15-18-12-9-10(16(20)21)7-8-14(12)19(15)13-6-4-3-5-11(13)17/h3-9H,2H2,1H3,(H,20,21). The van der Waals surface area contributed by atoms with Gasteiger partial charge in [-0.05, 0) is 46.3 Å². The molecule has 0 aliphatic carbocycles. The topological polar surface area (TPSA) is 55.1 Å². The average Bonchev–Trinajstić information content (AvgIpc) is 2.85. The summed E-state index contributed by atoms with van der Waals surface area (Å²) < 4.78 is 3.03. The molecule has 0 fully saturated rings. The predicted octanol–water partition coefficient (Wildman–Crippen LogP) is 4.05. The number of aromatic carboxylic acids is 1. The monoisotopic (exact) mass is 344 g/mol. The second kappa shape index (κ2) is 5.33. The lowest BCUT2D eigenvalue weighted by atomic mass is 10.2. The molecule has 5 heteroatoms. The zero-order valence-corrected chi connectivity index (χ0v) is 13.0. The fraction of sp³-hybridized carbons (Fsp3) is 0.125. The van der Waals surface area contributed by atoms with Crippen LogP contribution in [-0.2, 0) is 6.42 Å². The van der Waals surface area contributed by atoms with Crippen molar-refractivity contribution in [3.63, 3.8) is 0 Å². The first-order valence-electron chi connectivity index (χ1n) is 6.61. The van der Waals surface area contributed by atoms with Gasteiger partial charge in [0.2, 0.25) is 0 Å². The van der Waals surface area contributed by atoms with E-state index < -0.39 is 5.97 Å². The van der Waals surface area contributed by atoms with E-state index >= 15 is 0 Å². The Morgan fingerprint density at radius 2 is 2.05 bits per heavy atom. The van der Waals surface area contributed by atoms with Gasteiger partial charge in [-0.25, -0.2) is 9.78 Å². The number of carboxylic acids is 1. The number of hydrogen-bond acceptors (Lipinski definition) is 2. The molecule has 2 aromatic carbocycles. The highest BCUT2D eigenvalue weighted by atomic mass is 79.9. The van der Waals surface area contributed by atoms with Gasteiger partial charge in [-0.2, -0.15) is 0 Å². The van der Waals surface area contributed by atoms with Crippen LogP contribution in [0.1, 0.15) is 23.1 Å². The molecule has 0 spiro atoms. The van der Waals surface area contributed by atoms with Crippen molar-refractivity contribution in [3.8, 4) is 5.69 Å². The van der Waals surface area contributed by atoms with Gasteiger partial charge in [0, 0.05) is 10.9 Å². The molecule has 0 aliphatic rings. The number of rotatable bonds is 3. The van der Waals surface area contributed by atoms with Crippen LogP contribution < -0.4 is 0 Å². The molecule has 4 nitrogen and oxygen atoms in total. The Kier molecular flexibility index (Phi) is 3.51. The van der Waals surface area contributed by atoms with Crippen molar-refractivity contribution >= 4 is 32.9 Å².